The molecule has 0 spiro atoms. The SMILES string of the molecule is CCc1nnc(N2CCC3NCCC3C2)nc1CC. The minimum atomic E-state index is 0.713. The third-order valence-corrected chi connectivity index (χ3v) is 4.44. The molecule has 0 aliphatic carbocycles. The van der Waals surface area contributed by atoms with Gasteiger partial charge >= 0.3 is 0 Å². The van der Waals surface area contributed by atoms with Crippen LogP contribution in [-0.2, 0) is 12.8 Å². The molecule has 104 valence electrons. The number of rotatable bonds is 3. The summed E-state index contributed by atoms with van der Waals surface area (Å²) in [7, 11) is 0. The highest BCUT2D eigenvalue weighted by molar-refractivity contribution is 5.32. The van der Waals surface area contributed by atoms with Crippen LogP contribution in [0.3, 0.4) is 0 Å². The molecule has 0 amide bonds. The summed E-state index contributed by atoms with van der Waals surface area (Å²) in [6.07, 6.45) is 4.33. The molecule has 5 heteroatoms. The Morgan fingerprint density at radius 1 is 1.16 bits per heavy atom. The van der Waals surface area contributed by atoms with Crippen molar-refractivity contribution >= 4 is 5.95 Å². The van der Waals surface area contributed by atoms with E-state index in [1.165, 1.54) is 12.8 Å². The Bertz CT molecular complexity index is 447. The van der Waals surface area contributed by atoms with Gasteiger partial charge < -0.3 is 10.2 Å². The lowest BCUT2D eigenvalue weighted by atomic mass is 9.94. The molecule has 2 fully saturated rings. The monoisotopic (exact) mass is 261 g/mol. The first-order valence-electron chi connectivity index (χ1n) is 7.52. The second kappa shape index (κ2) is 5.41. The zero-order valence-electron chi connectivity index (χ0n) is 11.9. The number of aromatic nitrogens is 3. The lowest BCUT2D eigenvalue weighted by Gasteiger charge is -2.34. The van der Waals surface area contributed by atoms with E-state index in [4.69, 9.17) is 4.98 Å². The zero-order chi connectivity index (χ0) is 13.2. The third-order valence-electron chi connectivity index (χ3n) is 4.44. The van der Waals surface area contributed by atoms with Gasteiger partial charge in [-0.05, 0) is 38.1 Å². The van der Waals surface area contributed by atoms with Crippen molar-refractivity contribution in [2.45, 2.75) is 45.6 Å². The molecule has 1 aromatic rings. The maximum absolute atomic E-state index is 4.73. The molecule has 2 unspecified atom stereocenters. The van der Waals surface area contributed by atoms with Crippen LogP contribution in [-0.4, -0.2) is 40.9 Å². The van der Waals surface area contributed by atoms with Crippen LogP contribution in [0, 0.1) is 5.92 Å². The van der Waals surface area contributed by atoms with Gasteiger partial charge in [-0.3, -0.25) is 0 Å². The van der Waals surface area contributed by atoms with E-state index in [1.807, 2.05) is 0 Å². The summed E-state index contributed by atoms with van der Waals surface area (Å²) in [6.45, 7) is 7.54. The highest BCUT2D eigenvalue weighted by Crippen LogP contribution is 2.26. The number of hydrogen-bond acceptors (Lipinski definition) is 5. The first kappa shape index (κ1) is 12.8. The summed E-state index contributed by atoms with van der Waals surface area (Å²) in [5.41, 5.74) is 2.16. The minimum absolute atomic E-state index is 0.713. The topological polar surface area (TPSA) is 53.9 Å². The van der Waals surface area contributed by atoms with Gasteiger partial charge in [0.2, 0.25) is 5.95 Å². The van der Waals surface area contributed by atoms with Crippen molar-refractivity contribution in [2.75, 3.05) is 24.5 Å². The van der Waals surface area contributed by atoms with E-state index in [0.717, 1.165) is 55.7 Å². The lowest BCUT2D eigenvalue weighted by Crippen LogP contribution is -2.45. The van der Waals surface area contributed by atoms with Crippen molar-refractivity contribution in [1.29, 1.82) is 0 Å². The molecule has 0 saturated carbocycles. The van der Waals surface area contributed by atoms with Gasteiger partial charge in [0.1, 0.15) is 0 Å². The molecule has 2 aliphatic heterocycles. The molecule has 1 N–H and O–H groups in total. The van der Waals surface area contributed by atoms with Crippen LogP contribution in [0.15, 0.2) is 0 Å². The summed E-state index contributed by atoms with van der Waals surface area (Å²) < 4.78 is 0. The molecule has 2 aliphatic rings. The van der Waals surface area contributed by atoms with E-state index in [2.05, 4.69) is 34.3 Å². The average Bonchev–Trinajstić information content (AvgIpc) is 2.93. The maximum atomic E-state index is 4.73. The average molecular weight is 261 g/mol. The molecular weight excluding hydrogens is 238 g/mol. The van der Waals surface area contributed by atoms with Gasteiger partial charge in [0, 0.05) is 19.1 Å². The summed E-state index contributed by atoms with van der Waals surface area (Å²) >= 11 is 0. The summed E-state index contributed by atoms with van der Waals surface area (Å²) in [5, 5.41) is 12.3. The summed E-state index contributed by atoms with van der Waals surface area (Å²) in [4.78, 5) is 7.05. The smallest absolute Gasteiger partial charge is 0.245 e. The van der Waals surface area contributed by atoms with Crippen LogP contribution in [0.1, 0.15) is 38.1 Å². The fourth-order valence-electron chi connectivity index (χ4n) is 3.29. The van der Waals surface area contributed by atoms with Gasteiger partial charge in [-0.2, -0.15) is 5.10 Å². The maximum Gasteiger partial charge on any atom is 0.245 e. The second-order valence-electron chi connectivity index (χ2n) is 5.56. The molecule has 0 bridgehead atoms. The first-order valence-corrected chi connectivity index (χ1v) is 7.52. The van der Waals surface area contributed by atoms with Crippen molar-refractivity contribution in [3.63, 3.8) is 0 Å². The Kier molecular flexibility index (Phi) is 3.64. The zero-order valence-corrected chi connectivity index (χ0v) is 11.9. The highest BCUT2D eigenvalue weighted by atomic mass is 15.3. The van der Waals surface area contributed by atoms with Crippen LogP contribution < -0.4 is 10.2 Å². The number of nitrogens with one attached hydrogen (secondary N) is 1. The van der Waals surface area contributed by atoms with Crippen LogP contribution in [0.2, 0.25) is 0 Å². The van der Waals surface area contributed by atoms with Crippen molar-refractivity contribution in [3.05, 3.63) is 11.4 Å². The van der Waals surface area contributed by atoms with Crippen molar-refractivity contribution < 1.29 is 0 Å². The van der Waals surface area contributed by atoms with E-state index in [-0.39, 0.29) is 0 Å². The van der Waals surface area contributed by atoms with E-state index in [0.29, 0.717) is 6.04 Å². The standard InChI is InChI=1S/C14H23N5/c1-3-11-12(4-2)17-18-14(16-11)19-8-6-13-10(9-19)5-7-15-13/h10,13,15H,3-9H2,1-2H3. The van der Waals surface area contributed by atoms with Crippen LogP contribution in [0.25, 0.3) is 0 Å². The predicted molar refractivity (Wildman–Crippen MR) is 75.3 cm³/mol. The number of anilines is 1. The molecule has 3 rings (SSSR count). The predicted octanol–water partition coefficient (Wildman–Crippen LogP) is 1.18. The van der Waals surface area contributed by atoms with Gasteiger partial charge in [-0.1, -0.05) is 13.8 Å². The van der Waals surface area contributed by atoms with Crippen molar-refractivity contribution in [1.82, 2.24) is 20.5 Å². The quantitative estimate of drug-likeness (QED) is 0.885. The van der Waals surface area contributed by atoms with E-state index < -0.39 is 0 Å². The number of hydrogen-bond donors (Lipinski definition) is 1. The molecule has 5 nitrogen and oxygen atoms in total. The number of nitrogens with zero attached hydrogens (tertiary/aromatic N) is 4. The highest BCUT2D eigenvalue weighted by Gasteiger charge is 2.33. The molecule has 0 aromatic carbocycles. The molecule has 3 heterocycles. The molecule has 0 radical (unpaired) electrons. The first-order chi connectivity index (χ1) is 9.31. The van der Waals surface area contributed by atoms with Gasteiger partial charge in [-0.15, -0.1) is 5.10 Å². The fraction of sp³-hybridized carbons (Fsp3) is 0.786. The molecule has 1 aromatic heterocycles. The summed E-state index contributed by atoms with van der Waals surface area (Å²) in [6, 6.07) is 0.713. The Morgan fingerprint density at radius 3 is 2.79 bits per heavy atom. The molecule has 2 atom stereocenters. The Hall–Kier alpha value is -1.23. The van der Waals surface area contributed by atoms with Crippen LogP contribution >= 0.6 is 0 Å². The number of fused-ring (bicyclic) bond motifs is 1. The van der Waals surface area contributed by atoms with Crippen LogP contribution in [0.4, 0.5) is 5.95 Å². The minimum Gasteiger partial charge on any atom is -0.339 e. The van der Waals surface area contributed by atoms with Gasteiger partial charge in [0.15, 0.2) is 0 Å². The Morgan fingerprint density at radius 2 is 2.00 bits per heavy atom. The van der Waals surface area contributed by atoms with E-state index in [1.54, 1.807) is 0 Å². The van der Waals surface area contributed by atoms with Crippen molar-refractivity contribution in [2.24, 2.45) is 5.92 Å². The Labute approximate surface area is 114 Å². The second-order valence-corrected chi connectivity index (χ2v) is 5.56. The van der Waals surface area contributed by atoms with E-state index >= 15 is 0 Å². The van der Waals surface area contributed by atoms with Gasteiger partial charge in [0.05, 0.1) is 11.4 Å². The molecule has 2 saturated heterocycles. The van der Waals surface area contributed by atoms with E-state index in [9.17, 15) is 0 Å². The fourth-order valence-corrected chi connectivity index (χ4v) is 3.29. The molecule has 19 heavy (non-hydrogen) atoms. The largest absolute Gasteiger partial charge is 0.339 e. The van der Waals surface area contributed by atoms with Crippen LogP contribution in [0.5, 0.6) is 0 Å². The normalized spacial score (nSPS) is 26.5. The molecular formula is C14H23N5. The number of piperidine rings is 1. The lowest BCUT2D eigenvalue weighted by molar-refractivity contribution is 0.372. The van der Waals surface area contributed by atoms with Crippen molar-refractivity contribution in [3.8, 4) is 0 Å². The summed E-state index contributed by atoms with van der Waals surface area (Å²) in [5.74, 6) is 1.59. The third kappa shape index (κ3) is 2.43. The Balaban J connectivity index is 1.78. The van der Waals surface area contributed by atoms with Gasteiger partial charge in [0.25, 0.3) is 0 Å². The van der Waals surface area contributed by atoms with Gasteiger partial charge in [-0.25, -0.2) is 4.98 Å². The number of aryl methyl sites for hydroxylation is 2.